The Hall–Kier alpha value is -1.29. The van der Waals surface area contributed by atoms with E-state index in [1.165, 1.54) is 0 Å². The summed E-state index contributed by atoms with van der Waals surface area (Å²) in [4.78, 5) is 14.1. The molecular formula is C14H19BrN2O. The second-order valence-electron chi connectivity index (χ2n) is 4.02. The molecule has 1 heterocycles. The van der Waals surface area contributed by atoms with Crippen molar-refractivity contribution < 1.29 is 4.79 Å². The number of amides is 1. The van der Waals surface area contributed by atoms with Crippen LogP contribution in [0.1, 0.15) is 23.8 Å². The minimum atomic E-state index is 0.00829. The molecule has 0 fully saturated rings. The van der Waals surface area contributed by atoms with E-state index in [1.54, 1.807) is 17.1 Å². The molecule has 0 N–H and O–H groups in total. The first-order chi connectivity index (χ1) is 8.63. The molecular weight excluding hydrogens is 292 g/mol. The van der Waals surface area contributed by atoms with Gasteiger partial charge in [0.15, 0.2) is 0 Å². The molecule has 1 aromatic rings. The number of hydrogen-bond donors (Lipinski definition) is 0. The number of rotatable bonds is 7. The summed E-state index contributed by atoms with van der Waals surface area (Å²) in [7, 11) is 0. The minimum absolute atomic E-state index is 0.00829. The van der Waals surface area contributed by atoms with E-state index in [1.807, 2.05) is 16.8 Å². The van der Waals surface area contributed by atoms with Gasteiger partial charge in [-0.1, -0.05) is 19.1 Å². The molecule has 0 aromatic carbocycles. The number of carbonyl (C=O) groups is 1. The van der Waals surface area contributed by atoms with Crippen molar-refractivity contribution in [2.75, 3.05) is 13.1 Å². The van der Waals surface area contributed by atoms with E-state index in [0.717, 1.165) is 17.4 Å². The minimum Gasteiger partial charge on any atom is -0.342 e. The van der Waals surface area contributed by atoms with Gasteiger partial charge in [-0.15, -0.1) is 13.2 Å². The summed E-state index contributed by atoms with van der Waals surface area (Å²) < 4.78 is 2.91. The summed E-state index contributed by atoms with van der Waals surface area (Å²) in [5.74, 6) is 0.00829. The van der Waals surface area contributed by atoms with Gasteiger partial charge in [-0.25, -0.2) is 0 Å². The molecule has 4 heteroatoms. The summed E-state index contributed by atoms with van der Waals surface area (Å²) in [5.41, 5.74) is 0.701. The van der Waals surface area contributed by atoms with E-state index in [0.29, 0.717) is 18.8 Å². The summed E-state index contributed by atoms with van der Waals surface area (Å²) in [6, 6.07) is 1.86. The molecule has 0 unspecified atom stereocenters. The van der Waals surface area contributed by atoms with Crippen LogP contribution in [0.3, 0.4) is 0 Å². The van der Waals surface area contributed by atoms with E-state index in [9.17, 15) is 4.79 Å². The highest BCUT2D eigenvalue weighted by atomic mass is 79.9. The summed E-state index contributed by atoms with van der Waals surface area (Å²) >= 11 is 3.42. The molecule has 1 rings (SSSR count). The zero-order valence-corrected chi connectivity index (χ0v) is 12.3. The fraction of sp³-hybridized carbons (Fsp3) is 0.357. The lowest BCUT2D eigenvalue weighted by molar-refractivity contribution is 0.0780. The van der Waals surface area contributed by atoms with Gasteiger partial charge in [0, 0.05) is 30.3 Å². The highest BCUT2D eigenvalue weighted by molar-refractivity contribution is 9.10. The van der Waals surface area contributed by atoms with Gasteiger partial charge in [0.25, 0.3) is 5.91 Å². The molecule has 1 amide bonds. The Morgan fingerprint density at radius 2 is 2.06 bits per heavy atom. The molecule has 0 aliphatic rings. The van der Waals surface area contributed by atoms with Crippen LogP contribution in [-0.4, -0.2) is 28.5 Å². The van der Waals surface area contributed by atoms with Gasteiger partial charge in [0.2, 0.25) is 0 Å². The highest BCUT2D eigenvalue weighted by Gasteiger charge is 2.18. The second-order valence-corrected chi connectivity index (χ2v) is 4.94. The Morgan fingerprint density at radius 3 is 2.56 bits per heavy atom. The van der Waals surface area contributed by atoms with Gasteiger partial charge < -0.3 is 9.47 Å². The lowest BCUT2D eigenvalue weighted by Gasteiger charge is -2.20. The maximum Gasteiger partial charge on any atom is 0.271 e. The molecule has 0 spiro atoms. The predicted molar refractivity (Wildman–Crippen MR) is 78.7 cm³/mol. The first-order valence-electron chi connectivity index (χ1n) is 6.00. The van der Waals surface area contributed by atoms with Crippen LogP contribution in [0.5, 0.6) is 0 Å². The number of hydrogen-bond acceptors (Lipinski definition) is 1. The highest BCUT2D eigenvalue weighted by Crippen LogP contribution is 2.17. The van der Waals surface area contributed by atoms with Crippen molar-refractivity contribution in [3.63, 3.8) is 0 Å². The van der Waals surface area contributed by atoms with E-state index < -0.39 is 0 Å². The molecule has 0 saturated carbocycles. The fourth-order valence-corrected chi connectivity index (χ4v) is 2.26. The molecule has 98 valence electrons. The first-order valence-corrected chi connectivity index (χ1v) is 6.80. The summed E-state index contributed by atoms with van der Waals surface area (Å²) in [6.45, 7) is 11.3. The average molecular weight is 311 g/mol. The lowest BCUT2D eigenvalue weighted by Crippen LogP contribution is -2.32. The van der Waals surface area contributed by atoms with Crippen molar-refractivity contribution in [1.29, 1.82) is 0 Å². The van der Waals surface area contributed by atoms with E-state index in [-0.39, 0.29) is 5.91 Å². The fourth-order valence-electron chi connectivity index (χ4n) is 1.79. The molecule has 0 saturated heterocycles. The molecule has 18 heavy (non-hydrogen) atoms. The van der Waals surface area contributed by atoms with Crippen molar-refractivity contribution in [2.45, 2.75) is 19.9 Å². The van der Waals surface area contributed by atoms with Crippen LogP contribution in [-0.2, 0) is 6.54 Å². The third kappa shape index (κ3) is 3.60. The number of aromatic nitrogens is 1. The Bertz CT molecular complexity index is 427. The lowest BCUT2D eigenvalue weighted by atomic mass is 10.3. The summed E-state index contributed by atoms with van der Waals surface area (Å²) in [6.07, 6.45) is 6.38. The van der Waals surface area contributed by atoms with Gasteiger partial charge in [-0.05, 0) is 28.4 Å². The molecule has 1 aromatic heterocycles. The van der Waals surface area contributed by atoms with Gasteiger partial charge in [-0.2, -0.15) is 0 Å². The maximum absolute atomic E-state index is 12.4. The Morgan fingerprint density at radius 1 is 1.44 bits per heavy atom. The first kappa shape index (κ1) is 14.8. The maximum atomic E-state index is 12.4. The predicted octanol–water partition coefficient (Wildman–Crippen LogP) is 3.47. The van der Waals surface area contributed by atoms with Crippen LogP contribution < -0.4 is 0 Å². The molecule has 0 atom stereocenters. The van der Waals surface area contributed by atoms with Crippen LogP contribution in [0.15, 0.2) is 42.0 Å². The zero-order chi connectivity index (χ0) is 13.5. The average Bonchev–Trinajstić information content (AvgIpc) is 2.70. The second kappa shape index (κ2) is 7.21. The molecule has 0 bridgehead atoms. The van der Waals surface area contributed by atoms with E-state index in [4.69, 9.17) is 0 Å². The smallest absolute Gasteiger partial charge is 0.271 e. The SMILES string of the molecule is C=CCN(CC=C)C(=O)c1cc(Br)cn1CCC. The number of carbonyl (C=O) groups excluding carboxylic acids is 1. The Kier molecular flexibility index (Phi) is 5.92. The largest absolute Gasteiger partial charge is 0.342 e. The van der Waals surface area contributed by atoms with Crippen molar-refractivity contribution in [2.24, 2.45) is 0 Å². The quantitative estimate of drug-likeness (QED) is 0.708. The summed E-state index contributed by atoms with van der Waals surface area (Å²) in [5, 5.41) is 0. The standard InChI is InChI=1S/C14H19BrN2O/c1-4-7-16(8-5-2)14(18)13-10-12(15)11-17(13)9-6-3/h4-5,10-11H,1-2,6-9H2,3H3. The molecule has 0 aliphatic carbocycles. The Labute approximate surface area is 117 Å². The van der Waals surface area contributed by atoms with Crippen LogP contribution in [0.25, 0.3) is 0 Å². The van der Waals surface area contributed by atoms with Gasteiger partial charge >= 0.3 is 0 Å². The zero-order valence-electron chi connectivity index (χ0n) is 10.7. The van der Waals surface area contributed by atoms with Crippen LogP contribution in [0.4, 0.5) is 0 Å². The van der Waals surface area contributed by atoms with Gasteiger partial charge in [0.1, 0.15) is 5.69 Å². The monoisotopic (exact) mass is 310 g/mol. The molecule has 0 radical (unpaired) electrons. The molecule has 0 aliphatic heterocycles. The van der Waals surface area contributed by atoms with Crippen molar-refractivity contribution in [3.8, 4) is 0 Å². The van der Waals surface area contributed by atoms with Gasteiger partial charge in [0.05, 0.1) is 0 Å². The number of nitrogens with zero attached hydrogens (tertiary/aromatic N) is 2. The van der Waals surface area contributed by atoms with Crippen LogP contribution in [0, 0.1) is 0 Å². The van der Waals surface area contributed by atoms with E-state index >= 15 is 0 Å². The number of aryl methyl sites for hydroxylation is 1. The van der Waals surface area contributed by atoms with Crippen LogP contribution in [0.2, 0.25) is 0 Å². The van der Waals surface area contributed by atoms with Gasteiger partial charge in [-0.3, -0.25) is 4.79 Å². The number of halogens is 1. The third-order valence-electron chi connectivity index (χ3n) is 2.53. The van der Waals surface area contributed by atoms with Crippen molar-refractivity contribution in [1.82, 2.24) is 9.47 Å². The van der Waals surface area contributed by atoms with E-state index in [2.05, 4.69) is 36.0 Å². The topological polar surface area (TPSA) is 25.2 Å². The molecule has 3 nitrogen and oxygen atoms in total. The third-order valence-corrected chi connectivity index (χ3v) is 2.97. The normalized spacial score (nSPS) is 10.1. The van der Waals surface area contributed by atoms with Crippen molar-refractivity contribution >= 4 is 21.8 Å². The van der Waals surface area contributed by atoms with Crippen molar-refractivity contribution in [3.05, 3.63) is 47.7 Å². The van der Waals surface area contributed by atoms with Crippen LogP contribution >= 0.6 is 15.9 Å². The Balaban J connectivity index is 2.98.